The number of amides is 1. The Labute approximate surface area is 109 Å². The third kappa shape index (κ3) is 5.51. The van der Waals surface area contributed by atoms with Gasteiger partial charge in [-0.15, -0.1) is 12.3 Å². The van der Waals surface area contributed by atoms with Crippen LogP contribution in [0, 0.1) is 12.3 Å². The van der Waals surface area contributed by atoms with Gasteiger partial charge < -0.3 is 11.1 Å². The molecule has 1 rings (SSSR count). The zero-order valence-corrected chi connectivity index (χ0v) is 10.6. The monoisotopic (exact) mass is 244 g/mol. The molecule has 18 heavy (non-hydrogen) atoms. The van der Waals surface area contributed by atoms with Gasteiger partial charge in [0, 0.05) is 25.4 Å². The molecule has 0 saturated carbocycles. The first kappa shape index (κ1) is 14.3. The SMILES string of the molecule is C#CCCCNC(=O)CCC(N)c1ccccc1. The van der Waals surface area contributed by atoms with E-state index in [0.29, 0.717) is 25.8 Å². The molecule has 96 valence electrons. The van der Waals surface area contributed by atoms with Gasteiger partial charge in [0.25, 0.3) is 0 Å². The van der Waals surface area contributed by atoms with Gasteiger partial charge in [0.1, 0.15) is 0 Å². The van der Waals surface area contributed by atoms with Gasteiger partial charge >= 0.3 is 0 Å². The van der Waals surface area contributed by atoms with Crippen LogP contribution in [0.25, 0.3) is 0 Å². The molecule has 0 aliphatic rings. The normalized spacial score (nSPS) is 11.6. The molecule has 3 nitrogen and oxygen atoms in total. The van der Waals surface area contributed by atoms with Gasteiger partial charge in [0.05, 0.1) is 0 Å². The molecule has 0 spiro atoms. The number of rotatable bonds is 7. The molecular weight excluding hydrogens is 224 g/mol. The second-order valence-corrected chi connectivity index (χ2v) is 4.21. The summed E-state index contributed by atoms with van der Waals surface area (Å²) >= 11 is 0. The van der Waals surface area contributed by atoms with E-state index in [4.69, 9.17) is 12.2 Å². The van der Waals surface area contributed by atoms with E-state index in [2.05, 4.69) is 11.2 Å². The molecule has 0 saturated heterocycles. The lowest BCUT2D eigenvalue weighted by molar-refractivity contribution is -0.121. The van der Waals surface area contributed by atoms with Crippen LogP contribution in [0.3, 0.4) is 0 Å². The summed E-state index contributed by atoms with van der Waals surface area (Å²) in [7, 11) is 0. The summed E-state index contributed by atoms with van der Waals surface area (Å²) in [6.45, 7) is 0.642. The molecule has 1 aromatic carbocycles. The van der Waals surface area contributed by atoms with E-state index in [0.717, 1.165) is 12.0 Å². The third-order valence-corrected chi connectivity index (χ3v) is 2.73. The zero-order valence-electron chi connectivity index (χ0n) is 10.6. The molecule has 1 atom stereocenters. The van der Waals surface area contributed by atoms with Crippen molar-refractivity contribution in [3.63, 3.8) is 0 Å². The van der Waals surface area contributed by atoms with Gasteiger partial charge in [-0.2, -0.15) is 0 Å². The van der Waals surface area contributed by atoms with Gasteiger partial charge in [0.15, 0.2) is 0 Å². The predicted molar refractivity (Wildman–Crippen MR) is 73.7 cm³/mol. The van der Waals surface area contributed by atoms with E-state index in [1.807, 2.05) is 30.3 Å². The maximum absolute atomic E-state index is 11.5. The van der Waals surface area contributed by atoms with Gasteiger partial charge in [0.2, 0.25) is 5.91 Å². The Morgan fingerprint density at radius 3 is 2.78 bits per heavy atom. The molecule has 0 radical (unpaired) electrons. The summed E-state index contributed by atoms with van der Waals surface area (Å²) in [4.78, 5) is 11.5. The Bertz CT molecular complexity index is 395. The maximum Gasteiger partial charge on any atom is 0.220 e. The number of carbonyl (C=O) groups is 1. The topological polar surface area (TPSA) is 55.1 Å². The van der Waals surface area contributed by atoms with Crippen molar-refractivity contribution >= 4 is 5.91 Å². The smallest absolute Gasteiger partial charge is 0.220 e. The number of hydrogen-bond donors (Lipinski definition) is 2. The molecule has 1 unspecified atom stereocenters. The lowest BCUT2D eigenvalue weighted by Gasteiger charge is -2.11. The Balaban J connectivity index is 2.20. The Morgan fingerprint density at radius 2 is 2.11 bits per heavy atom. The standard InChI is InChI=1S/C15H20N2O/c1-2-3-7-12-17-15(18)11-10-14(16)13-8-5-4-6-9-13/h1,4-6,8-9,14H,3,7,10-12,16H2,(H,17,18). The fraction of sp³-hybridized carbons (Fsp3) is 0.400. The highest BCUT2D eigenvalue weighted by molar-refractivity contribution is 5.75. The molecule has 0 aliphatic carbocycles. The lowest BCUT2D eigenvalue weighted by Crippen LogP contribution is -2.25. The van der Waals surface area contributed by atoms with Crippen molar-refractivity contribution in [2.24, 2.45) is 5.73 Å². The Hall–Kier alpha value is -1.79. The fourth-order valence-corrected chi connectivity index (χ4v) is 1.66. The third-order valence-electron chi connectivity index (χ3n) is 2.73. The minimum atomic E-state index is -0.0809. The fourth-order valence-electron chi connectivity index (χ4n) is 1.66. The van der Waals surface area contributed by atoms with Crippen LogP contribution in [0.5, 0.6) is 0 Å². The number of carbonyl (C=O) groups excluding carboxylic acids is 1. The molecule has 0 aromatic heterocycles. The molecule has 0 bridgehead atoms. The summed E-state index contributed by atoms with van der Waals surface area (Å²) in [5.74, 6) is 2.58. The minimum absolute atomic E-state index is 0.0402. The largest absolute Gasteiger partial charge is 0.356 e. The molecule has 0 fully saturated rings. The van der Waals surface area contributed by atoms with Crippen molar-refractivity contribution in [1.29, 1.82) is 0 Å². The summed E-state index contributed by atoms with van der Waals surface area (Å²) in [6, 6.07) is 9.74. The molecule has 0 aliphatic heterocycles. The number of benzene rings is 1. The van der Waals surface area contributed by atoms with Crippen molar-refractivity contribution in [3.05, 3.63) is 35.9 Å². The number of terminal acetylenes is 1. The molecule has 3 N–H and O–H groups in total. The maximum atomic E-state index is 11.5. The van der Waals surface area contributed by atoms with Crippen LogP contribution in [0.4, 0.5) is 0 Å². The van der Waals surface area contributed by atoms with Crippen molar-refractivity contribution in [2.45, 2.75) is 31.7 Å². The number of nitrogens with two attached hydrogens (primary N) is 1. The Kier molecular flexibility index (Phi) is 6.60. The summed E-state index contributed by atoms with van der Waals surface area (Å²) in [6.07, 6.45) is 7.76. The van der Waals surface area contributed by atoms with E-state index in [1.165, 1.54) is 0 Å². The highest BCUT2D eigenvalue weighted by atomic mass is 16.1. The van der Waals surface area contributed by atoms with Gasteiger partial charge in [-0.25, -0.2) is 0 Å². The lowest BCUT2D eigenvalue weighted by atomic mass is 10.0. The number of nitrogens with one attached hydrogen (secondary N) is 1. The van der Waals surface area contributed by atoms with Crippen LogP contribution in [0.2, 0.25) is 0 Å². The van der Waals surface area contributed by atoms with Crippen molar-refractivity contribution in [3.8, 4) is 12.3 Å². The quantitative estimate of drug-likeness (QED) is 0.569. The van der Waals surface area contributed by atoms with Gasteiger partial charge in [-0.1, -0.05) is 30.3 Å². The number of unbranched alkanes of at least 4 members (excludes halogenated alkanes) is 1. The number of hydrogen-bond acceptors (Lipinski definition) is 2. The molecule has 0 heterocycles. The van der Waals surface area contributed by atoms with Crippen molar-refractivity contribution in [1.82, 2.24) is 5.32 Å². The highest BCUT2D eigenvalue weighted by Crippen LogP contribution is 2.14. The van der Waals surface area contributed by atoms with Crippen molar-refractivity contribution < 1.29 is 4.79 Å². The van der Waals surface area contributed by atoms with Crippen molar-refractivity contribution in [2.75, 3.05) is 6.54 Å². The van der Waals surface area contributed by atoms with E-state index in [-0.39, 0.29) is 11.9 Å². The summed E-state index contributed by atoms with van der Waals surface area (Å²) in [5.41, 5.74) is 7.08. The van der Waals surface area contributed by atoms with Crippen LogP contribution < -0.4 is 11.1 Å². The second-order valence-electron chi connectivity index (χ2n) is 4.21. The van der Waals surface area contributed by atoms with Gasteiger partial charge in [-0.05, 0) is 18.4 Å². The molecule has 3 heteroatoms. The van der Waals surface area contributed by atoms with Crippen LogP contribution in [-0.4, -0.2) is 12.5 Å². The minimum Gasteiger partial charge on any atom is -0.356 e. The van der Waals surface area contributed by atoms with Crippen LogP contribution in [0.15, 0.2) is 30.3 Å². The first-order valence-corrected chi connectivity index (χ1v) is 6.24. The van der Waals surface area contributed by atoms with E-state index < -0.39 is 0 Å². The summed E-state index contributed by atoms with van der Waals surface area (Å²) < 4.78 is 0. The van der Waals surface area contributed by atoms with Crippen LogP contribution >= 0.6 is 0 Å². The van der Waals surface area contributed by atoms with Crippen LogP contribution in [-0.2, 0) is 4.79 Å². The second kappa shape index (κ2) is 8.32. The molecule has 1 aromatic rings. The molecular formula is C15H20N2O. The van der Waals surface area contributed by atoms with E-state index >= 15 is 0 Å². The Morgan fingerprint density at radius 1 is 1.39 bits per heavy atom. The average Bonchev–Trinajstić information content (AvgIpc) is 2.42. The average molecular weight is 244 g/mol. The molecule has 1 amide bonds. The highest BCUT2D eigenvalue weighted by Gasteiger charge is 2.08. The zero-order chi connectivity index (χ0) is 13.2. The first-order chi connectivity index (χ1) is 8.74. The van der Waals surface area contributed by atoms with Gasteiger partial charge in [-0.3, -0.25) is 4.79 Å². The van der Waals surface area contributed by atoms with E-state index in [1.54, 1.807) is 0 Å². The van der Waals surface area contributed by atoms with Crippen LogP contribution in [0.1, 0.15) is 37.3 Å². The van der Waals surface area contributed by atoms with E-state index in [9.17, 15) is 4.79 Å². The predicted octanol–water partition coefficient (Wildman–Crippen LogP) is 2.00. The first-order valence-electron chi connectivity index (χ1n) is 6.24. The summed E-state index contributed by atoms with van der Waals surface area (Å²) in [5, 5.41) is 2.83.